The number of hydrogen-bond donors (Lipinski definition) is 1. The van der Waals surface area contributed by atoms with Crippen LogP contribution in [0.3, 0.4) is 0 Å². The number of carbonyl (C=O) groups excluding carboxylic acids is 2. The van der Waals surface area contributed by atoms with Gasteiger partial charge in [0.25, 0.3) is 5.91 Å². The van der Waals surface area contributed by atoms with Crippen molar-refractivity contribution < 1.29 is 14.3 Å². The van der Waals surface area contributed by atoms with E-state index in [-0.39, 0.29) is 29.3 Å². The predicted molar refractivity (Wildman–Crippen MR) is 112 cm³/mol. The molecule has 152 valence electrons. The molecule has 2 aromatic rings. The van der Waals surface area contributed by atoms with Gasteiger partial charge >= 0.3 is 0 Å². The van der Waals surface area contributed by atoms with Gasteiger partial charge in [-0.25, -0.2) is 4.98 Å². The monoisotopic (exact) mass is 450 g/mol. The second-order valence-electron chi connectivity index (χ2n) is 8.70. The Bertz CT molecular complexity index is 982. The minimum absolute atomic E-state index is 0.0160. The molecule has 0 spiro atoms. The fourth-order valence-electron chi connectivity index (χ4n) is 4.77. The highest BCUT2D eigenvalue weighted by Gasteiger charge is 2.68. The molecule has 8 heteroatoms. The van der Waals surface area contributed by atoms with Gasteiger partial charge in [0.15, 0.2) is 10.8 Å². The Morgan fingerprint density at radius 1 is 1.21 bits per heavy atom. The van der Waals surface area contributed by atoms with Crippen LogP contribution in [0.4, 0.5) is 0 Å². The zero-order valence-corrected chi connectivity index (χ0v) is 18.0. The third kappa shape index (κ3) is 3.78. The number of thiazole rings is 1. The van der Waals surface area contributed by atoms with Crippen LogP contribution in [0, 0.1) is 5.41 Å². The minimum atomic E-state index is -0.145. The first-order valence-electron chi connectivity index (χ1n) is 9.73. The zero-order valence-electron chi connectivity index (χ0n) is 15.7. The highest BCUT2D eigenvalue weighted by Crippen LogP contribution is 2.69. The smallest absolute Gasteiger partial charge is 0.280 e. The molecule has 0 saturated heterocycles. The summed E-state index contributed by atoms with van der Waals surface area (Å²) in [4.78, 5) is 29.3. The van der Waals surface area contributed by atoms with Gasteiger partial charge in [0.1, 0.15) is 12.4 Å². The fourth-order valence-corrected chi connectivity index (χ4v) is 5.85. The number of nitrogens with one attached hydrogen (secondary N) is 1. The summed E-state index contributed by atoms with van der Waals surface area (Å²) in [5.41, 5.74) is 0.933. The lowest BCUT2D eigenvalue weighted by molar-refractivity contribution is -0.162. The Balaban J connectivity index is 1.08. The molecule has 4 fully saturated rings. The summed E-state index contributed by atoms with van der Waals surface area (Å²) in [6.45, 7) is 0.0160. The van der Waals surface area contributed by atoms with E-state index in [1.165, 1.54) is 24.2 Å². The first-order valence-corrected chi connectivity index (χ1v) is 11.4. The average Bonchev–Trinajstić information content (AvgIpc) is 3.36. The molecule has 0 radical (unpaired) electrons. The molecular formula is C21H20Cl2N2O3S. The molecule has 1 N–H and O–H groups in total. The Hall–Kier alpha value is -1.63. The van der Waals surface area contributed by atoms with Crippen LogP contribution >= 0.6 is 34.5 Å². The molecule has 5 nitrogen and oxygen atoms in total. The number of ketones is 1. The van der Waals surface area contributed by atoms with Gasteiger partial charge in [-0.15, -0.1) is 11.3 Å². The van der Waals surface area contributed by atoms with E-state index in [1.54, 1.807) is 18.2 Å². The Kier molecular flexibility index (Phi) is 4.64. The summed E-state index contributed by atoms with van der Waals surface area (Å²) in [6, 6.07) is 4.95. The zero-order chi connectivity index (χ0) is 20.2. The quantitative estimate of drug-likeness (QED) is 0.612. The van der Waals surface area contributed by atoms with Crippen LogP contribution in [0.5, 0.6) is 5.75 Å². The van der Waals surface area contributed by atoms with Crippen LogP contribution < -0.4 is 10.1 Å². The molecule has 2 bridgehead atoms. The topological polar surface area (TPSA) is 68.3 Å². The second-order valence-corrected chi connectivity index (χ2v) is 10.4. The average molecular weight is 451 g/mol. The summed E-state index contributed by atoms with van der Waals surface area (Å²) >= 11 is 13.3. The summed E-state index contributed by atoms with van der Waals surface area (Å²) in [7, 11) is 0. The first-order chi connectivity index (χ1) is 13.9. The van der Waals surface area contributed by atoms with E-state index in [0.717, 1.165) is 25.0 Å². The van der Waals surface area contributed by atoms with Crippen molar-refractivity contribution in [3.05, 3.63) is 44.3 Å². The standard InChI is InChI=1S/C21H20Cl2N2O3S/c22-15-4-3-14(5-16(15)23)28-7-13(26)6-20-9-21(10-20,11-20)25-18(27)19-24-17(8-29-19)12-1-2-12/h3-5,8,12H,1-2,6-7,9-11H2,(H,25,27). The number of benzene rings is 1. The van der Waals surface area contributed by atoms with Crippen LogP contribution in [0.2, 0.25) is 10.0 Å². The summed E-state index contributed by atoms with van der Waals surface area (Å²) in [5.74, 6) is 1.07. The van der Waals surface area contributed by atoms with Crippen LogP contribution in [0.15, 0.2) is 23.6 Å². The number of halogens is 2. The molecule has 0 atom stereocenters. The highest BCUT2D eigenvalue weighted by molar-refractivity contribution is 7.11. The number of aromatic nitrogens is 1. The summed E-state index contributed by atoms with van der Waals surface area (Å²) in [5, 5.41) is 6.56. The predicted octanol–water partition coefficient (Wildman–Crippen LogP) is 5.02. The van der Waals surface area contributed by atoms with Crippen molar-refractivity contribution in [3.63, 3.8) is 0 Å². The number of amides is 1. The number of carbonyl (C=O) groups is 2. The van der Waals surface area contributed by atoms with E-state index >= 15 is 0 Å². The van der Waals surface area contributed by atoms with Gasteiger partial charge in [0, 0.05) is 29.3 Å². The largest absolute Gasteiger partial charge is 0.486 e. The summed E-state index contributed by atoms with van der Waals surface area (Å²) in [6.07, 6.45) is 5.40. The number of Topliss-reactive ketones (excluding diaryl/α,β-unsaturated/α-hetero) is 1. The molecule has 1 heterocycles. The SMILES string of the molecule is O=C(COc1ccc(Cl)c(Cl)c1)CC12CC(NC(=O)c3nc(C4CC4)cs3)(C1)C2. The molecule has 0 unspecified atom stereocenters. The third-order valence-electron chi connectivity index (χ3n) is 6.09. The lowest BCUT2D eigenvalue weighted by atomic mass is 9.38. The summed E-state index contributed by atoms with van der Waals surface area (Å²) < 4.78 is 5.54. The maximum Gasteiger partial charge on any atom is 0.280 e. The molecule has 29 heavy (non-hydrogen) atoms. The first kappa shape index (κ1) is 19.3. The van der Waals surface area contributed by atoms with Crippen LogP contribution in [0.1, 0.15) is 59.9 Å². The van der Waals surface area contributed by atoms with E-state index in [4.69, 9.17) is 27.9 Å². The molecule has 1 amide bonds. The number of rotatable bonds is 8. The Labute approximate surface area is 182 Å². The molecule has 4 aliphatic carbocycles. The Morgan fingerprint density at radius 2 is 1.97 bits per heavy atom. The van der Waals surface area contributed by atoms with Gasteiger partial charge in [0.2, 0.25) is 0 Å². The molecule has 0 aliphatic heterocycles. The van der Waals surface area contributed by atoms with Crippen molar-refractivity contribution in [1.29, 1.82) is 0 Å². The van der Waals surface area contributed by atoms with Gasteiger partial charge < -0.3 is 10.1 Å². The van der Waals surface area contributed by atoms with Crippen molar-refractivity contribution in [3.8, 4) is 5.75 Å². The molecular weight excluding hydrogens is 431 g/mol. The lowest BCUT2D eigenvalue weighted by Crippen LogP contribution is -2.75. The normalized spacial score (nSPS) is 27.0. The van der Waals surface area contributed by atoms with Gasteiger partial charge in [-0.2, -0.15) is 0 Å². The molecule has 1 aromatic carbocycles. The second kappa shape index (κ2) is 6.96. The van der Waals surface area contributed by atoms with E-state index in [0.29, 0.717) is 33.1 Å². The third-order valence-corrected chi connectivity index (χ3v) is 7.69. The van der Waals surface area contributed by atoms with Crippen molar-refractivity contribution >= 4 is 46.2 Å². The molecule has 4 saturated carbocycles. The minimum Gasteiger partial charge on any atom is -0.486 e. The van der Waals surface area contributed by atoms with Crippen LogP contribution in [-0.4, -0.2) is 28.8 Å². The van der Waals surface area contributed by atoms with E-state index < -0.39 is 0 Å². The van der Waals surface area contributed by atoms with E-state index in [9.17, 15) is 9.59 Å². The maximum atomic E-state index is 12.5. The van der Waals surface area contributed by atoms with E-state index in [1.807, 2.05) is 5.38 Å². The van der Waals surface area contributed by atoms with Gasteiger partial charge in [-0.1, -0.05) is 23.2 Å². The van der Waals surface area contributed by atoms with Crippen LogP contribution in [0.25, 0.3) is 0 Å². The highest BCUT2D eigenvalue weighted by atomic mass is 35.5. The maximum absolute atomic E-state index is 12.5. The number of hydrogen-bond acceptors (Lipinski definition) is 5. The number of nitrogens with zero attached hydrogens (tertiary/aromatic N) is 1. The van der Waals surface area contributed by atoms with Crippen LogP contribution in [-0.2, 0) is 4.79 Å². The van der Waals surface area contributed by atoms with Crippen molar-refractivity contribution in [2.24, 2.45) is 5.41 Å². The van der Waals surface area contributed by atoms with Gasteiger partial charge in [0.05, 0.1) is 15.7 Å². The molecule has 6 rings (SSSR count). The van der Waals surface area contributed by atoms with Crippen molar-refractivity contribution in [2.45, 2.75) is 50.0 Å². The molecule has 1 aromatic heterocycles. The molecule has 4 aliphatic rings. The van der Waals surface area contributed by atoms with E-state index in [2.05, 4.69) is 10.3 Å². The van der Waals surface area contributed by atoms with Gasteiger partial charge in [-0.05, 0) is 49.7 Å². The Morgan fingerprint density at radius 3 is 2.66 bits per heavy atom. The fraction of sp³-hybridized carbons (Fsp3) is 0.476. The van der Waals surface area contributed by atoms with Crippen molar-refractivity contribution in [2.75, 3.05) is 6.61 Å². The lowest BCUT2D eigenvalue weighted by Gasteiger charge is -2.70. The number of ether oxygens (including phenoxy) is 1. The van der Waals surface area contributed by atoms with Crippen molar-refractivity contribution in [1.82, 2.24) is 10.3 Å². The van der Waals surface area contributed by atoms with Gasteiger partial charge in [-0.3, -0.25) is 9.59 Å².